The molecule has 1 heterocycles. The molecule has 0 radical (unpaired) electrons. The standard InChI is InChI=1S/C21H18Cl2N4O3/c22-15-7-5-11(9-16(15)23)12-6-8-18(14-4-2-1-3-13(12)14)27-19(28)17(24)10-26(20(25)29)21(27)30/h1-5,7,9-10,12,18H,6,8,24H2,(H2,25,29)/t12-,18-/m1/s1. The minimum Gasteiger partial charge on any atom is -0.393 e. The van der Waals surface area contributed by atoms with Crippen LogP contribution in [0.1, 0.15) is 41.5 Å². The molecule has 154 valence electrons. The first-order valence-electron chi connectivity index (χ1n) is 9.27. The number of nitrogens with zero attached hydrogens (tertiary/aromatic N) is 2. The van der Waals surface area contributed by atoms with Crippen molar-refractivity contribution >= 4 is 34.9 Å². The fraction of sp³-hybridized carbons (Fsp3) is 0.190. The summed E-state index contributed by atoms with van der Waals surface area (Å²) < 4.78 is 1.67. The lowest BCUT2D eigenvalue weighted by Gasteiger charge is -2.33. The highest BCUT2D eigenvalue weighted by Gasteiger charge is 2.31. The normalized spacial score (nSPS) is 18.1. The van der Waals surface area contributed by atoms with Crippen molar-refractivity contribution in [2.45, 2.75) is 24.8 Å². The summed E-state index contributed by atoms with van der Waals surface area (Å²) in [4.78, 5) is 37.3. The number of amides is 1. The van der Waals surface area contributed by atoms with E-state index in [1.54, 1.807) is 6.07 Å². The summed E-state index contributed by atoms with van der Waals surface area (Å²) in [6.45, 7) is 0. The number of nitrogen functional groups attached to an aromatic ring is 1. The number of primary amides is 1. The van der Waals surface area contributed by atoms with Crippen molar-refractivity contribution in [3.8, 4) is 0 Å². The summed E-state index contributed by atoms with van der Waals surface area (Å²) in [5.74, 6) is 0.0161. The number of fused-ring (bicyclic) bond motifs is 1. The Morgan fingerprint density at radius 3 is 2.37 bits per heavy atom. The van der Waals surface area contributed by atoms with Crippen molar-refractivity contribution in [1.29, 1.82) is 0 Å². The Bertz CT molecular complexity index is 1280. The quantitative estimate of drug-likeness (QED) is 0.630. The summed E-state index contributed by atoms with van der Waals surface area (Å²) in [6, 6.07) is 11.5. The number of benzene rings is 2. The number of halogens is 2. The zero-order chi connectivity index (χ0) is 21.6. The Morgan fingerprint density at radius 2 is 1.70 bits per heavy atom. The van der Waals surface area contributed by atoms with Gasteiger partial charge in [0.25, 0.3) is 5.56 Å². The smallest absolute Gasteiger partial charge is 0.339 e. The summed E-state index contributed by atoms with van der Waals surface area (Å²) in [5, 5.41) is 0.936. The van der Waals surface area contributed by atoms with Crippen LogP contribution in [0.3, 0.4) is 0 Å². The van der Waals surface area contributed by atoms with E-state index in [1.807, 2.05) is 36.4 Å². The van der Waals surface area contributed by atoms with E-state index in [9.17, 15) is 14.4 Å². The highest BCUT2D eigenvalue weighted by atomic mass is 35.5. The van der Waals surface area contributed by atoms with E-state index in [1.165, 1.54) is 0 Å². The van der Waals surface area contributed by atoms with E-state index in [4.69, 9.17) is 34.7 Å². The number of rotatable bonds is 2. The first-order valence-corrected chi connectivity index (χ1v) is 10.0. The van der Waals surface area contributed by atoms with Crippen molar-refractivity contribution in [3.05, 3.63) is 96.2 Å². The first kappa shape index (κ1) is 20.3. The molecular formula is C21H18Cl2N4O3. The largest absolute Gasteiger partial charge is 0.393 e. The number of anilines is 1. The molecule has 0 aliphatic heterocycles. The number of hydrogen-bond donors (Lipinski definition) is 2. The van der Waals surface area contributed by atoms with E-state index >= 15 is 0 Å². The maximum absolute atomic E-state index is 12.9. The molecule has 9 heteroatoms. The molecule has 1 amide bonds. The van der Waals surface area contributed by atoms with Crippen molar-refractivity contribution in [2.75, 3.05) is 5.73 Å². The third kappa shape index (κ3) is 3.30. The maximum atomic E-state index is 12.9. The van der Waals surface area contributed by atoms with Crippen molar-refractivity contribution in [2.24, 2.45) is 5.73 Å². The van der Waals surface area contributed by atoms with Gasteiger partial charge in [-0.05, 0) is 41.7 Å². The molecule has 1 aliphatic rings. The van der Waals surface area contributed by atoms with Crippen LogP contribution in [-0.4, -0.2) is 15.2 Å². The molecule has 2 aromatic carbocycles. The SMILES string of the molecule is NC(=O)n1cc(N)c(=O)n([C@@H]2CC[C@H](c3ccc(Cl)c(Cl)c3)c3ccccc32)c1=O. The van der Waals surface area contributed by atoms with Gasteiger partial charge in [0.1, 0.15) is 5.69 Å². The van der Waals surface area contributed by atoms with Gasteiger partial charge in [0.15, 0.2) is 0 Å². The molecular weight excluding hydrogens is 427 g/mol. The van der Waals surface area contributed by atoms with Gasteiger partial charge in [-0.3, -0.25) is 9.36 Å². The molecule has 4 N–H and O–H groups in total. The lowest BCUT2D eigenvalue weighted by atomic mass is 9.76. The van der Waals surface area contributed by atoms with Gasteiger partial charge in [-0.2, -0.15) is 0 Å². The number of carbonyl (C=O) groups excluding carboxylic acids is 1. The molecule has 4 rings (SSSR count). The minimum absolute atomic E-state index is 0.0161. The zero-order valence-corrected chi connectivity index (χ0v) is 17.2. The first-order chi connectivity index (χ1) is 14.3. The number of hydrogen-bond acceptors (Lipinski definition) is 4. The predicted molar refractivity (Wildman–Crippen MR) is 116 cm³/mol. The molecule has 1 aliphatic carbocycles. The topological polar surface area (TPSA) is 113 Å². The maximum Gasteiger partial charge on any atom is 0.339 e. The Kier molecular flexibility index (Phi) is 5.17. The van der Waals surface area contributed by atoms with Crippen LogP contribution in [0.2, 0.25) is 10.0 Å². The van der Waals surface area contributed by atoms with E-state index in [2.05, 4.69) is 0 Å². The Morgan fingerprint density at radius 1 is 1.00 bits per heavy atom. The summed E-state index contributed by atoms with van der Waals surface area (Å²) in [7, 11) is 0. The second-order valence-corrected chi connectivity index (χ2v) is 8.01. The molecule has 0 bridgehead atoms. The molecule has 0 spiro atoms. The molecule has 3 aromatic rings. The minimum atomic E-state index is -1.00. The third-order valence-electron chi connectivity index (χ3n) is 5.50. The van der Waals surface area contributed by atoms with Crippen LogP contribution >= 0.6 is 23.2 Å². The molecule has 7 nitrogen and oxygen atoms in total. The van der Waals surface area contributed by atoms with Crippen LogP contribution in [0.4, 0.5) is 10.5 Å². The van der Waals surface area contributed by atoms with Crippen LogP contribution in [0.5, 0.6) is 0 Å². The van der Waals surface area contributed by atoms with Gasteiger partial charge < -0.3 is 11.5 Å². The number of carbonyl (C=O) groups is 1. The highest BCUT2D eigenvalue weighted by Crippen LogP contribution is 2.43. The highest BCUT2D eigenvalue weighted by molar-refractivity contribution is 6.42. The molecule has 0 unspecified atom stereocenters. The van der Waals surface area contributed by atoms with E-state index < -0.39 is 23.3 Å². The fourth-order valence-electron chi connectivity index (χ4n) is 4.14. The van der Waals surface area contributed by atoms with Crippen LogP contribution in [0.25, 0.3) is 0 Å². The summed E-state index contributed by atoms with van der Waals surface area (Å²) >= 11 is 12.3. The van der Waals surface area contributed by atoms with E-state index in [0.29, 0.717) is 27.5 Å². The van der Waals surface area contributed by atoms with Crippen LogP contribution in [0.15, 0.2) is 58.3 Å². The Labute approximate surface area is 181 Å². The second-order valence-electron chi connectivity index (χ2n) is 7.20. The van der Waals surface area contributed by atoms with Gasteiger partial charge in [-0.25, -0.2) is 14.2 Å². The molecule has 0 saturated carbocycles. The number of aromatic nitrogens is 2. The molecule has 1 aromatic heterocycles. The monoisotopic (exact) mass is 444 g/mol. The summed E-state index contributed by atoms with van der Waals surface area (Å²) in [5.41, 5.74) is 12.1. The van der Waals surface area contributed by atoms with Crippen LogP contribution < -0.4 is 22.7 Å². The predicted octanol–water partition coefficient (Wildman–Crippen LogP) is 3.34. The molecule has 30 heavy (non-hydrogen) atoms. The lowest BCUT2D eigenvalue weighted by Crippen LogP contribution is -2.47. The molecule has 0 saturated heterocycles. The van der Waals surface area contributed by atoms with Gasteiger partial charge in [0.2, 0.25) is 0 Å². The van der Waals surface area contributed by atoms with Gasteiger partial charge in [0, 0.05) is 12.1 Å². The average molecular weight is 445 g/mol. The van der Waals surface area contributed by atoms with Crippen LogP contribution in [-0.2, 0) is 0 Å². The Hall–Kier alpha value is -3.03. The number of nitrogens with two attached hydrogens (primary N) is 2. The van der Waals surface area contributed by atoms with Gasteiger partial charge >= 0.3 is 11.7 Å². The van der Waals surface area contributed by atoms with Gasteiger partial charge in [0.05, 0.1) is 16.1 Å². The zero-order valence-electron chi connectivity index (χ0n) is 15.7. The van der Waals surface area contributed by atoms with Crippen LogP contribution in [0, 0.1) is 0 Å². The van der Waals surface area contributed by atoms with Gasteiger partial charge in [-0.15, -0.1) is 0 Å². The molecule has 2 atom stereocenters. The van der Waals surface area contributed by atoms with E-state index in [0.717, 1.165) is 27.5 Å². The third-order valence-corrected chi connectivity index (χ3v) is 6.24. The van der Waals surface area contributed by atoms with Crippen molar-refractivity contribution in [3.63, 3.8) is 0 Å². The van der Waals surface area contributed by atoms with E-state index in [-0.39, 0.29) is 11.6 Å². The Balaban J connectivity index is 1.89. The second kappa shape index (κ2) is 7.66. The van der Waals surface area contributed by atoms with Crippen molar-refractivity contribution in [1.82, 2.24) is 9.13 Å². The van der Waals surface area contributed by atoms with Gasteiger partial charge in [-0.1, -0.05) is 53.5 Å². The average Bonchev–Trinajstić information content (AvgIpc) is 2.72. The summed E-state index contributed by atoms with van der Waals surface area (Å²) in [6.07, 6.45) is 2.10. The molecule has 0 fully saturated rings. The lowest BCUT2D eigenvalue weighted by molar-refractivity contribution is 0.248. The fourth-order valence-corrected chi connectivity index (χ4v) is 4.44. The van der Waals surface area contributed by atoms with Crippen molar-refractivity contribution < 1.29 is 4.79 Å².